The van der Waals surface area contributed by atoms with Gasteiger partial charge in [-0.15, -0.1) is 0 Å². The molecule has 0 saturated carbocycles. The van der Waals surface area contributed by atoms with E-state index in [-0.39, 0.29) is 17.7 Å². The second-order valence-corrected chi connectivity index (χ2v) is 7.16. The van der Waals surface area contributed by atoms with Crippen LogP contribution in [-0.4, -0.2) is 54.1 Å². The van der Waals surface area contributed by atoms with Gasteiger partial charge >= 0.3 is 0 Å². The molecule has 0 radical (unpaired) electrons. The number of rotatable bonds is 3. The Hall–Kier alpha value is -2.24. The first kappa shape index (κ1) is 18.5. The van der Waals surface area contributed by atoms with Crippen LogP contribution in [0.25, 0.3) is 11.1 Å². The van der Waals surface area contributed by atoms with E-state index in [2.05, 4.69) is 4.90 Å². The van der Waals surface area contributed by atoms with Gasteiger partial charge in [0.05, 0.1) is 6.04 Å². The van der Waals surface area contributed by atoms with Crippen molar-refractivity contribution in [3.63, 3.8) is 0 Å². The number of ether oxygens (including phenoxy) is 1. The van der Waals surface area contributed by atoms with Crippen molar-refractivity contribution in [2.75, 3.05) is 27.2 Å². The molecule has 1 atom stereocenters. The lowest BCUT2D eigenvalue weighted by Gasteiger charge is -2.28. The number of phenols is 1. The number of phenolic OH excluding ortho intramolecular Hbond substituents is 1. The van der Waals surface area contributed by atoms with Gasteiger partial charge in [0.25, 0.3) is 0 Å². The van der Waals surface area contributed by atoms with Crippen molar-refractivity contribution in [2.45, 2.75) is 19.5 Å². The number of aromatic hydroxyl groups is 1. The predicted molar refractivity (Wildman–Crippen MR) is 103 cm³/mol. The normalized spacial score (nSPS) is 15.5. The van der Waals surface area contributed by atoms with Crippen molar-refractivity contribution in [1.29, 1.82) is 0 Å². The van der Waals surface area contributed by atoms with Gasteiger partial charge in [0.2, 0.25) is 5.91 Å². The third kappa shape index (κ3) is 3.79. The number of hydrogen-bond acceptors (Lipinski definition) is 4. The van der Waals surface area contributed by atoms with E-state index in [9.17, 15) is 9.90 Å². The van der Waals surface area contributed by atoms with Gasteiger partial charge in [0.1, 0.15) is 6.61 Å². The molecule has 1 aliphatic rings. The third-order valence-corrected chi connectivity index (χ3v) is 4.88. The summed E-state index contributed by atoms with van der Waals surface area (Å²) in [6.07, 6.45) is 0. The Morgan fingerprint density at radius 3 is 2.73 bits per heavy atom. The Morgan fingerprint density at radius 1 is 1.27 bits per heavy atom. The third-order valence-electron chi connectivity index (χ3n) is 4.65. The molecule has 0 spiro atoms. The molecule has 1 amide bonds. The summed E-state index contributed by atoms with van der Waals surface area (Å²) < 4.78 is 5.77. The van der Waals surface area contributed by atoms with Gasteiger partial charge in [-0.2, -0.15) is 0 Å². The minimum absolute atomic E-state index is 0.0451. The van der Waals surface area contributed by atoms with E-state index in [0.29, 0.717) is 30.5 Å². The first-order chi connectivity index (χ1) is 12.4. The molecule has 2 aromatic carbocycles. The fraction of sp³-hybridized carbons (Fsp3) is 0.350. The van der Waals surface area contributed by atoms with Crippen molar-refractivity contribution in [1.82, 2.24) is 9.80 Å². The molecule has 1 aliphatic heterocycles. The van der Waals surface area contributed by atoms with Crippen molar-refractivity contribution in [3.8, 4) is 22.6 Å². The second-order valence-electron chi connectivity index (χ2n) is 6.72. The Morgan fingerprint density at radius 2 is 2.04 bits per heavy atom. The molecule has 0 aromatic heterocycles. The molecule has 2 aromatic rings. The van der Waals surface area contributed by atoms with Gasteiger partial charge in [-0.25, -0.2) is 0 Å². The lowest BCUT2D eigenvalue weighted by Crippen LogP contribution is -2.45. The van der Waals surface area contributed by atoms with Crippen LogP contribution >= 0.6 is 11.6 Å². The molecule has 0 bridgehead atoms. The number of likely N-dealkylation sites (N-methyl/N-ethyl adjacent to an activating group) is 1. The highest BCUT2D eigenvalue weighted by atomic mass is 35.5. The van der Waals surface area contributed by atoms with Crippen LogP contribution in [0.5, 0.6) is 11.5 Å². The van der Waals surface area contributed by atoms with E-state index >= 15 is 0 Å². The zero-order valence-corrected chi connectivity index (χ0v) is 16.0. The van der Waals surface area contributed by atoms with Gasteiger partial charge < -0.3 is 14.7 Å². The Balaban J connectivity index is 1.96. The molecule has 0 unspecified atom stereocenters. The molecular formula is C20H23ClN2O3. The summed E-state index contributed by atoms with van der Waals surface area (Å²) in [5.74, 6) is 0.636. The smallest absolute Gasteiger partial charge is 0.239 e. The van der Waals surface area contributed by atoms with Gasteiger partial charge in [-0.1, -0.05) is 23.7 Å². The molecule has 1 heterocycles. The van der Waals surface area contributed by atoms with E-state index in [0.717, 1.165) is 16.7 Å². The molecule has 3 rings (SSSR count). The molecule has 0 fully saturated rings. The lowest BCUT2D eigenvalue weighted by atomic mass is 10.0. The van der Waals surface area contributed by atoms with Crippen molar-refractivity contribution < 1.29 is 14.6 Å². The molecule has 26 heavy (non-hydrogen) atoms. The number of nitrogens with zero attached hydrogens (tertiary/aromatic N) is 2. The molecule has 138 valence electrons. The maximum atomic E-state index is 12.3. The summed E-state index contributed by atoms with van der Waals surface area (Å²) in [6, 6.07) is 10.9. The van der Waals surface area contributed by atoms with Gasteiger partial charge in [-0.3, -0.25) is 9.69 Å². The summed E-state index contributed by atoms with van der Waals surface area (Å²) >= 11 is 6.10. The number of fused-ring (bicyclic) bond motifs is 1. The summed E-state index contributed by atoms with van der Waals surface area (Å²) in [4.78, 5) is 16.0. The molecule has 0 aliphatic carbocycles. The lowest BCUT2D eigenvalue weighted by molar-refractivity contribution is -0.134. The van der Waals surface area contributed by atoms with E-state index in [1.807, 2.05) is 37.3 Å². The summed E-state index contributed by atoms with van der Waals surface area (Å²) in [7, 11) is 3.51. The highest BCUT2D eigenvalue weighted by Crippen LogP contribution is 2.38. The van der Waals surface area contributed by atoms with E-state index < -0.39 is 0 Å². The highest BCUT2D eigenvalue weighted by Gasteiger charge is 2.27. The summed E-state index contributed by atoms with van der Waals surface area (Å²) in [6.45, 7) is 3.45. The van der Waals surface area contributed by atoms with Gasteiger partial charge in [-0.05, 0) is 42.3 Å². The number of halogens is 1. The van der Waals surface area contributed by atoms with Gasteiger partial charge in [0, 0.05) is 37.8 Å². The SMILES string of the molecule is C[C@H](C(=O)N(C)C)N1CCOc2c(O)cc(-c3cccc(Cl)c3)cc2C1. The zero-order chi connectivity index (χ0) is 18.8. The minimum Gasteiger partial charge on any atom is -0.504 e. The highest BCUT2D eigenvalue weighted by molar-refractivity contribution is 6.30. The fourth-order valence-electron chi connectivity index (χ4n) is 3.21. The number of benzene rings is 2. The average molecular weight is 375 g/mol. The standard InChI is InChI=1S/C20H23ClN2O3/c1-13(20(25)22(2)3)23-7-8-26-19-16(12-23)9-15(11-18(19)24)14-5-4-6-17(21)10-14/h4-6,9-11,13,24H,7-8,12H2,1-3H3/t13-/m1/s1. The number of amides is 1. The predicted octanol–water partition coefficient (Wildman–Crippen LogP) is 3.38. The van der Waals surface area contributed by atoms with Crippen LogP contribution in [-0.2, 0) is 11.3 Å². The topological polar surface area (TPSA) is 53.0 Å². The largest absolute Gasteiger partial charge is 0.504 e. The fourth-order valence-corrected chi connectivity index (χ4v) is 3.40. The monoisotopic (exact) mass is 374 g/mol. The average Bonchev–Trinajstić information content (AvgIpc) is 2.83. The molecule has 0 saturated heterocycles. The zero-order valence-electron chi connectivity index (χ0n) is 15.2. The summed E-state index contributed by atoms with van der Waals surface area (Å²) in [5.41, 5.74) is 2.64. The van der Waals surface area contributed by atoms with Crippen LogP contribution in [0.15, 0.2) is 36.4 Å². The number of carbonyl (C=O) groups is 1. The molecular weight excluding hydrogens is 352 g/mol. The molecule has 5 nitrogen and oxygen atoms in total. The molecule has 6 heteroatoms. The van der Waals surface area contributed by atoms with E-state index in [1.165, 1.54) is 0 Å². The number of carbonyl (C=O) groups excluding carboxylic acids is 1. The van der Waals surface area contributed by atoms with Crippen LogP contribution in [0.3, 0.4) is 0 Å². The van der Waals surface area contributed by atoms with Crippen LogP contribution < -0.4 is 4.74 Å². The quantitative estimate of drug-likeness (QED) is 0.894. The second kappa shape index (κ2) is 7.56. The number of hydrogen-bond donors (Lipinski definition) is 1. The van der Waals surface area contributed by atoms with Crippen LogP contribution in [0.4, 0.5) is 0 Å². The minimum atomic E-state index is -0.267. The Kier molecular flexibility index (Phi) is 5.39. The first-order valence-electron chi connectivity index (χ1n) is 8.56. The van der Waals surface area contributed by atoms with Crippen molar-refractivity contribution in [3.05, 3.63) is 47.0 Å². The van der Waals surface area contributed by atoms with Crippen molar-refractivity contribution in [2.24, 2.45) is 0 Å². The first-order valence-corrected chi connectivity index (χ1v) is 8.94. The maximum absolute atomic E-state index is 12.3. The van der Waals surface area contributed by atoms with Gasteiger partial charge in [0.15, 0.2) is 11.5 Å². The van der Waals surface area contributed by atoms with E-state index in [4.69, 9.17) is 16.3 Å². The van der Waals surface area contributed by atoms with Crippen LogP contribution in [0.1, 0.15) is 12.5 Å². The maximum Gasteiger partial charge on any atom is 0.239 e. The van der Waals surface area contributed by atoms with Crippen LogP contribution in [0, 0.1) is 0 Å². The van der Waals surface area contributed by atoms with Crippen molar-refractivity contribution >= 4 is 17.5 Å². The molecule has 1 N–H and O–H groups in total. The van der Waals surface area contributed by atoms with E-state index in [1.54, 1.807) is 25.1 Å². The summed E-state index contributed by atoms with van der Waals surface area (Å²) in [5, 5.41) is 11.1. The Labute approximate surface area is 158 Å². The Bertz CT molecular complexity index is 823. The van der Waals surface area contributed by atoms with Crippen LogP contribution in [0.2, 0.25) is 5.02 Å².